The molecule has 0 fully saturated rings. The van der Waals surface area contributed by atoms with Crippen molar-refractivity contribution in [1.29, 1.82) is 0 Å². The number of furan rings is 1. The number of carbonyl (C=O) groups excluding carboxylic acids is 2. The van der Waals surface area contributed by atoms with Crippen molar-refractivity contribution >= 4 is 11.9 Å². The number of esters is 2. The Morgan fingerprint density at radius 2 is 2.12 bits per heavy atom. The quantitative estimate of drug-likeness (QED) is 0.730. The number of hydrogen-bond donors (Lipinski definition) is 1. The molecule has 0 radical (unpaired) electrons. The van der Waals surface area contributed by atoms with Gasteiger partial charge in [0.15, 0.2) is 0 Å². The first-order chi connectivity index (χ1) is 7.69. The van der Waals surface area contributed by atoms with Crippen molar-refractivity contribution in [1.82, 2.24) is 5.32 Å². The summed E-state index contributed by atoms with van der Waals surface area (Å²) in [7, 11) is 2.58. The van der Waals surface area contributed by atoms with E-state index in [0.29, 0.717) is 12.1 Å². The number of methoxy groups -OCH3 is 2. The highest BCUT2D eigenvalue weighted by Crippen LogP contribution is 2.11. The third-order valence-corrected chi connectivity index (χ3v) is 1.93. The van der Waals surface area contributed by atoms with Crippen LogP contribution >= 0.6 is 0 Å². The van der Waals surface area contributed by atoms with Crippen molar-refractivity contribution in [3.8, 4) is 0 Å². The first-order valence-corrected chi connectivity index (χ1v) is 4.61. The van der Waals surface area contributed by atoms with Gasteiger partial charge < -0.3 is 19.2 Å². The molecule has 1 N–H and O–H groups in total. The molecule has 0 amide bonds. The Hall–Kier alpha value is -1.82. The van der Waals surface area contributed by atoms with Crippen LogP contribution in [-0.4, -0.2) is 32.7 Å². The Labute approximate surface area is 92.5 Å². The predicted octanol–water partition coefficient (Wildman–Crippen LogP) is 0.329. The number of nitrogens with one attached hydrogen (secondary N) is 1. The highest BCUT2D eigenvalue weighted by Gasteiger charge is 2.15. The van der Waals surface area contributed by atoms with Crippen molar-refractivity contribution in [2.75, 3.05) is 20.8 Å². The van der Waals surface area contributed by atoms with Crippen molar-refractivity contribution in [3.05, 3.63) is 23.7 Å². The lowest BCUT2D eigenvalue weighted by Crippen LogP contribution is -2.24. The van der Waals surface area contributed by atoms with Crippen molar-refractivity contribution in [2.45, 2.75) is 6.54 Å². The fraction of sp³-hybridized carbons (Fsp3) is 0.400. The van der Waals surface area contributed by atoms with Crippen LogP contribution in [-0.2, 0) is 20.8 Å². The highest BCUT2D eigenvalue weighted by molar-refractivity contribution is 5.87. The van der Waals surface area contributed by atoms with Crippen LogP contribution in [0.5, 0.6) is 0 Å². The van der Waals surface area contributed by atoms with E-state index in [1.165, 1.54) is 20.5 Å². The monoisotopic (exact) mass is 227 g/mol. The van der Waals surface area contributed by atoms with Gasteiger partial charge in [0.1, 0.15) is 0 Å². The average Bonchev–Trinajstić information content (AvgIpc) is 2.76. The molecule has 1 heterocycles. The molecule has 88 valence electrons. The van der Waals surface area contributed by atoms with Crippen LogP contribution in [0.3, 0.4) is 0 Å². The van der Waals surface area contributed by atoms with E-state index in [0.717, 1.165) is 0 Å². The van der Waals surface area contributed by atoms with Gasteiger partial charge >= 0.3 is 11.9 Å². The Kier molecular flexibility index (Phi) is 4.53. The van der Waals surface area contributed by atoms with E-state index < -0.39 is 5.97 Å². The van der Waals surface area contributed by atoms with Gasteiger partial charge in [-0.1, -0.05) is 0 Å². The molecule has 0 unspecified atom stereocenters. The molecule has 6 heteroatoms. The SMILES string of the molecule is COC(=O)CNCc1ccoc1C(=O)OC. The van der Waals surface area contributed by atoms with E-state index in [2.05, 4.69) is 14.8 Å². The van der Waals surface area contributed by atoms with Crippen molar-refractivity contribution in [2.24, 2.45) is 0 Å². The van der Waals surface area contributed by atoms with Crippen LogP contribution in [0.25, 0.3) is 0 Å². The van der Waals surface area contributed by atoms with E-state index >= 15 is 0 Å². The second-order valence-electron chi connectivity index (χ2n) is 2.95. The summed E-state index contributed by atoms with van der Waals surface area (Å²) in [5.74, 6) is -0.775. The molecule has 0 aliphatic rings. The summed E-state index contributed by atoms with van der Waals surface area (Å²) in [6, 6.07) is 1.64. The van der Waals surface area contributed by atoms with E-state index in [4.69, 9.17) is 4.42 Å². The van der Waals surface area contributed by atoms with Gasteiger partial charge in [-0.3, -0.25) is 4.79 Å². The average molecular weight is 227 g/mol. The fourth-order valence-corrected chi connectivity index (χ4v) is 1.12. The van der Waals surface area contributed by atoms with Gasteiger partial charge in [-0.05, 0) is 6.07 Å². The molecule has 0 spiro atoms. The summed E-state index contributed by atoms with van der Waals surface area (Å²) in [6.07, 6.45) is 1.39. The number of ether oxygens (including phenoxy) is 2. The Morgan fingerprint density at radius 3 is 2.75 bits per heavy atom. The summed E-state index contributed by atoms with van der Waals surface area (Å²) < 4.78 is 14.0. The Morgan fingerprint density at radius 1 is 1.38 bits per heavy atom. The molecule has 0 aliphatic heterocycles. The van der Waals surface area contributed by atoms with E-state index in [9.17, 15) is 9.59 Å². The molecule has 0 aliphatic carbocycles. The maximum absolute atomic E-state index is 11.2. The third-order valence-electron chi connectivity index (χ3n) is 1.93. The molecule has 0 atom stereocenters. The molecule has 1 rings (SSSR count). The van der Waals surface area contributed by atoms with Gasteiger partial charge in [0.05, 0.1) is 27.0 Å². The minimum Gasteiger partial charge on any atom is -0.468 e. The van der Waals surface area contributed by atoms with E-state index in [-0.39, 0.29) is 18.3 Å². The van der Waals surface area contributed by atoms with E-state index in [1.807, 2.05) is 0 Å². The molecular formula is C10H13NO5. The van der Waals surface area contributed by atoms with Gasteiger partial charge in [0.25, 0.3) is 0 Å². The lowest BCUT2D eigenvalue weighted by molar-refractivity contribution is -0.139. The molecule has 1 aromatic heterocycles. The summed E-state index contributed by atoms with van der Waals surface area (Å²) in [4.78, 5) is 22.0. The van der Waals surface area contributed by atoms with Crippen LogP contribution < -0.4 is 5.32 Å². The van der Waals surface area contributed by atoms with Crippen LogP contribution in [0, 0.1) is 0 Å². The van der Waals surface area contributed by atoms with Gasteiger partial charge in [0, 0.05) is 12.1 Å². The molecule has 0 aromatic carbocycles. The number of carbonyl (C=O) groups is 2. The number of hydrogen-bond acceptors (Lipinski definition) is 6. The molecule has 16 heavy (non-hydrogen) atoms. The third kappa shape index (κ3) is 3.09. The van der Waals surface area contributed by atoms with E-state index in [1.54, 1.807) is 6.07 Å². The predicted molar refractivity (Wildman–Crippen MR) is 53.8 cm³/mol. The standard InChI is InChI=1S/C10H13NO5/c1-14-8(12)6-11-5-7-3-4-16-9(7)10(13)15-2/h3-4,11H,5-6H2,1-2H3. The van der Waals surface area contributed by atoms with Crippen molar-refractivity contribution < 1.29 is 23.5 Å². The lowest BCUT2D eigenvalue weighted by atomic mass is 10.2. The fourth-order valence-electron chi connectivity index (χ4n) is 1.12. The summed E-state index contributed by atoms with van der Waals surface area (Å²) in [6.45, 7) is 0.401. The number of rotatable bonds is 5. The molecule has 0 saturated heterocycles. The van der Waals surface area contributed by atoms with Crippen LogP contribution in [0.15, 0.2) is 16.7 Å². The lowest BCUT2D eigenvalue weighted by Gasteiger charge is -2.03. The molecule has 6 nitrogen and oxygen atoms in total. The Bertz CT molecular complexity index is 371. The van der Waals surface area contributed by atoms with Crippen molar-refractivity contribution in [3.63, 3.8) is 0 Å². The summed E-state index contributed by atoms with van der Waals surface area (Å²) in [5.41, 5.74) is 0.635. The van der Waals surface area contributed by atoms with Gasteiger partial charge in [0.2, 0.25) is 5.76 Å². The zero-order chi connectivity index (χ0) is 12.0. The second-order valence-corrected chi connectivity index (χ2v) is 2.95. The maximum atomic E-state index is 11.2. The minimum atomic E-state index is -0.542. The van der Waals surface area contributed by atoms with Crippen LogP contribution in [0.4, 0.5) is 0 Å². The largest absolute Gasteiger partial charge is 0.468 e. The molecule has 0 saturated carbocycles. The van der Waals surface area contributed by atoms with Gasteiger partial charge in [-0.15, -0.1) is 0 Å². The smallest absolute Gasteiger partial charge is 0.374 e. The highest BCUT2D eigenvalue weighted by atomic mass is 16.5. The minimum absolute atomic E-state index is 0.0717. The first kappa shape index (κ1) is 12.3. The zero-order valence-electron chi connectivity index (χ0n) is 9.11. The normalized spacial score (nSPS) is 9.88. The second kappa shape index (κ2) is 5.92. The van der Waals surface area contributed by atoms with Gasteiger partial charge in [-0.2, -0.15) is 0 Å². The van der Waals surface area contributed by atoms with Crippen LogP contribution in [0.2, 0.25) is 0 Å². The van der Waals surface area contributed by atoms with Gasteiger partial charge in [-0.25, -0.2) is 4.79 Å². The zero-order valence-corrected chi connectivity index (χ0v) is 9.11. The first-order valence-electron chi connectivity index (χ1n) is 4.61. The Balaban J connectivity index is 2.51. The van der Waals surface area contributed by atoms with Crippen LogP contribution in [0.1, 0.15) is 16.1 Å². The summed E-state index contributed by atoms with van der Waals surface area (Å²) in [5, 5.41) is 2.82. The topological polar surface area (TPSA) is 77.8 Å². The molecule has 0 bridgehead atoms. The summed E-state index contributed by atoms with van der Waals surface area (Å²) >= 11 is 0. The molecule has 1 aromatic rings. The maximum Gasteiger partial charge on any atom is 0.374 e. The molecular weight excluding hydrogens is 214 g/mol.